The third kappa shape index (κ3) is 6.67. The number of ether oxygens (including phenoxy) is 1. The van der Waals surface area contributed by atoms with E-state index in [1.54, 1.807) is 43.3 Å². The van der Waals surface area contributed by atoms with Crippen molar-refractivity contribution in [2.75, 3.05) is 18.4 Å². The van der Waals surface area contributed by atoms with Gasteiger partial charge in [0.2, 0.25) is 5.91 Å². The molecular formula is C21H21Cl2N3O3. The molecule has 2 amide bonds. The number of nitrogens with zero attached hydrogens (tertiary/aromatic N) is 2. The fraction of sp³-hybridized carbons (Fsp3) is 0.286. The number of nitriles is 1. The van der Waals surface area contributed by atoms with Crippen LogP contribution in [0.2, 0.25) is 10.0 Å². The molecule has 0 aliphatic heterocycles. The van der Waals surface area contributed by atoms with Crippen LogP contribution in [0, 0.1) is 11.3 Å². The highest BCUT2D eigenvalue weighted by molar-refractivity contribution is 6.36. The first-order valence-electron chi connectivity index (χ1n) is 9.04. The summed E-state index contributed by atoms with van der Waals surface area (Å²) in [5.74, 6) is -0.214. The van der Waals surface area contributed by atoms with Crippen molar-refractivity contribution in [3.05, 3.63) is 58.1 Å². The normalized spacial score (nSPS) is 11.3. The summed E-state index contributed by atoms with van der Waals surface area (Å²) in [4.78, 5) is 26.6. The largest absolute Gasteiger partial charge is 0.481 e. The average molecular weight is 434 g/mol. The lowest BCUT2D eigenvalue weighted by Crippen LogP contribution is -2.44. The van der Waals surface area contributed by atoms with E-state index >= 15 is 0 Å². The van der Waals surface area contributed by atoms with Crippen molar-refractivity contribution in [2.24, 2.45) is 0 Å². The number of rotatable bonds is 8. The van der Waals surface area contributed by atoms with Crippen LogP contribution in [0.25, 0.3) is 0 Å². The molecule has 0 aliphatic rings. The lowest BCUT2D eigenvalue weighted by Gasteiger charge is -2.25. The fourth-order valence-corrected chi connectivity index (χ4v) is 3.07. The lowest BCUT2D eigenvalue weighted by molar-refractivity contribution is -0.140. The predicted octanol–water partition coefficient (Wildman–Crippen LogP) is 4.51. The van der Waals surface area contributed by atoms with E-state index in [1.165, 1.54) is 11.0 Å². The molecule has 29 heavy (non-hydrogen) atoms. The first-order chi connectivity index (χ1) is 13.8. The zero-order valence-corrected chi connectivity index (χ0v) is 17.6. The van der Waals surface area contributed by atoms with Crippen LogP contribution in [-0.4, -0.2) is 35.9 Å². The molecule has 2 aromatic carbocycles. The van der Waals surface area contributed by atoms with E-state index in [0.29, 0.717) is 40.0 Å². The molecule has 6 nitrogen and oxygen atoms in total. The molecule has 8 heteroatoms. The smallest absolute Gasteiger partial charge is 0.263 e. The van der Waals surface area contributed by atoms with Gasteiger partial charge in [0.15, 0.2) is 6.10 Å². The summed E-state index contributed by atoms with van der Waals surface area (Å²) in [6.45, 7) is 3.81. The molecule has 2 aromatic rings. The Bertz CT molecular complexity index is 910. The second-order valence-corrected chi connectivity index (χ2v) is 7.17. The number of nitrogens with one attached hydrogen (secondary N) is 1. The Balaban J connectivity index is 2.01. The number of anilines is 1. The summed E-state index contributed by atoms with van der Waals surface area (Å²) in [5.41, 5.74) is 0.924. The third-order valence-corrected chi connectivity index (χ3v) is 4.54. The molecule has 0 saturated heterocycles. The Labute approximate surface area is 180 Å². The molecule has 152 valence electrons. The molecule has 0 fully saturated rings. The molecule has 1 atom stereocenters. The number of benzene rings is 2. The third-order valence-electron chi connectivity index (χ3n) is 3.99. The van der Waals surface area contributed by atoms with Crippen molar-refractivity contribution >= 4 is 40.7 Å². The summed E-state index contributed by atoms with van der Waals surface area (Å²) < 4.78 is 5.67. The van der Waals surface area contributed by atoms with Gasteiger partial charge in [0.05, 0.1) is 28.9 Å². The second-order valence-electron chi connectivity index (χ2n) is 6.33. The van der Waals surface area contributed by atoms with Gasteiger partial charge in [-0.2, -0.15) is 5.26 Å². The summed E-state index contributed by atoms with van der Waals surface area (Å²) in [7, 11) is 0. The number of amides is 2. The van der Waals surface area contributed by atoms with Crippen LogP contribution in [0.3, 0.4) is 0 Å². The minimum atomic E-state index is -0.790. The van der Waals surface area contributed by atoms with Crippen molar-refractivity contribution in [3.63, 3.8) is 0 Å². The number of carbonyl (C=O) groups is 2. The zero-order valence-electron chi connectivity index (χ0n) is 16.1. The highest BCUT2D eigenvalue weighted by Crippen LogP contribution is 2.25. The molecule has 0 aromatic heterocycles. The minimum Gasteiger partial charge on any atom is -0.481 e. The van der Waals surface area contributed by atoms with Crippen LogP contribution in [-0.2, 0) is 9.59 Å². The van der Waals surface area contributed by atoms with Crippen molar-refractivity contribution in [1.82, 2.24) is 4.90 Å². The Hall–Kier alpha value is -2.75. The molecule has 0 aliphatic carbocycles. The van der Waals surface area contributed by atoms with E-state index in [-0.39, 0.29) is 18.4 Å². The Morgan fingerprint density at radius 1 is 1.21 bits per heavy atom. The maximum Gasteiger partial charge on any atom is 0.263 e. The van der Waals surface area contributed by atoms with Crippen molar-refractivity contribution < 1.29 is 14.3 Å². The molecule has 0 radical (unpaired) electrons. The fourth-order valence-electron chi connectivity index (χ4n) is 2.61. The van der Waals surface area contributed by atoms with Crippen molar-refractivity contribution in [1.29, 1.82) is 5.26 Å². The topological polar surface area (TPSA) is 82.4 Å². The molecular weight excluding hydrogens is 413 g/mol. The predicted molar refractivity (Wildman–Crippen MR) is 113 cm³/mol. The van der Waals surface area contributed by atoms with Gasteiger partial charge in [-0.25, -0.2) is 0 Å². The number of carbonyl (C=O) groups excluding carboxylic acids is 2. The monoisotopic (exact) mass is 433 g/mol. The maximum atomic E-state index is 12.8. The quantitative estimate of drug-likeness (QED) is 0.663. The molecule has 1 unspecified atom stereocenters. The maximum absolute atomic E-state index is 12.8. The summed E-state index contributed by atoms with van der Waals surface area (Å²) in [5, 5.41) is 12.3. The van der Waals surface area contributed by atoms with Gasteiger partial charge >= 0.3 is 0 Å². The van der Waals surface area contributed by atoms with Gasteiger partial charge in [0.1, 0.15) is 5.75 Å². The van der Waals surface area contributed by atoms with E-state index in [4.69, 9.17) is 33.2 Å². The Kier molecular flexibility index (Phi) is 8.32. The Morgan fingerprint density at radius 3 is 2.48 bits per heavy atom. The summed E-state index contributed by atoms with van der Waals surface area (Å²) in [6.07, 6.45) is -0.106. The van der Waals surface area contributed by atoms with Crippen LogP contribution in [0.15, 0.2) is 42.5 Å². The Morgan fingerprint density at radius 2 is 1.90 bits per heavy atom. The van der Waals surface area contributed by atoms with Gasteiger partial charge in [-0.05, 0) is 55.8 Å². The zero-order chi connectivity index (χ0) is 21.4. The standard InChI is InChI=1S/C21H21Cl2N3O3/c1-3-10-26(13-20(27)25-19-9-6-16(22)11-18(19)23)21(28)14(2)29-17-7-4-15(12-24)5-8-17/h4-9,11,14H,3,10,13H2,1-2H3,(H,25,27). The van der Waals surface area contributed by atoms with Gasteiger partial charge in [0, 0.05) is 11.6 Å². The van der Waals surface area contributed by atoms with Crippen molar-refractivity contribution in [3.8, 4) is 11.8 Å². The molecule has 0 bridgehead atoms. The molecule has 0 heterocycles. The SMILES string of the molecule is CCCN(CC(=O)Nc1ccc(Cl)cc1Cl)C(=O)C(C)Oc1ccc(C#N)cc1. The van der Waals surface area contributed by atoms with Gasteiger partial charge in [-0.1, -0.05) is 30.1 Å². The molecule has 0 spiro atoms. The number of halogens is 2. The van der Waals surface area contributed by atoms with Crippen LogP contribution in [0.5, 0.6) is 5.75 Å². The highest BCUT2D eigenvalue weighted by Gasteiger charge is 2.24. The van der Waals surface area contributed by atoms with Gasteiger partial charge < -0.3 is 15.0 Å². The number of hydrogen-bond acceptors (Lipinski definition) is 4. The highest BCUT2D eigenvalue weighted by atomic mass is 35.5. The van der Waals surface area contributed by atoms with E-state index in [2.05, 4.69) is 5.32 Å². The molecule has 2 rings (SSSR count). The lowest BCUT2D eigenvalue weighted by atomic mass is 10.2. The summed E-state index contributed by atoms with van der Waals surface area (Å²) in [6, 6.07) is 13.2. The van der Waals surface area contributed by atoms with E-state index in [1.807, 2.05) is 13.0 Å². The van der Waals surface area contributed by atoms with E-state index in [9.17, 15) is 9.59 Å². The van der Waals surface area contributed by atoms with E-state index < -0.39 is 6.10 Å². The van der Waals surface area contributed by atoms with Crippen LogP contribution in [0.1, 0.15) is 25.8 Å². The van der Waals surface area contributed by atoms with Gasteiger partial charge in [0.25, 0.3) is 5.91 Å². The average Bonchev–Trinajstić information content (AvgIpc) is 2.69. The first-order valence-corrected chi connectivity index (χ1v) is 9.80. The number of hydrogen-bond donors (Lipinski definition) is 1. The molecule has 1 N–H and O–H groups in total. The molecule has 0 saturated carbocycles. The second kappa shape index (κ2) is 10.7. The summed E-state index contributed by atoms with van der Waals surface area (Å²) >= 11 is 11.9. The minimum absolute atomic E-state index is 0.132. The first kappa shape index (κ1) is 22.5. The van der Waals surface area contributed by atoms with E-state index in [0.717, 1.165) is 0 Å². The van der Waals surface area contributed by atoms with Crippen LogP contribution in [0.4, 0.5) is 5.69 Å². The van der Waals surface area contributed by atoms with Gasteiger partial charge in [-0.15, -0.1) is 0 Å². The van der Waals surface area contributed by atoms with Crippen molar-refractivity contribution in [2.45, 2.75) is 26.4 Å². The van der Waals surface area contributed by atoms with Crippen LogP contribution >= 0.6 is 23.2 Å². The van der Waals surface area contributed by atoms with Gasteiger partial charge in [-0.3, -0.25) is 9.59 Å². The van der Waals surface area contributed by atoms with Crippen LogP contribution < -0.4 is 10.1 Å².